The lowest BCUT2D eigenvalue weighted by Crippen LogP contribution is -2.00. The van der Waals surface area contributed by atoms with E-state index in [-0.39, 0.29) is 0 Å². The van der Waals surface area contributed by atoms with Gasteiger partial charge >= 0.3 is 0 Å². The predicted octanol–water partition coefficient (Wildman–Crippen LogP) is 4.27. The summed E-state index contributed by atoms with van der Waals surface area (Å²) in [6.07, 6.45) is 5.40. The van der Waals surface area contributed by atoms with Crippen molar-refractivity contribution in [3.63, 3.8) is 0 Å². The highest BCUT2D eigenvalue weighted by molar-refractivity contribution is 9.10. The summed E-state index contributed by atoms with van der Waals surface area (Å²) in [5, 5.41) is 0. The summed E-state index contributed by atoms with van der Waals surface area (Å²) in [6, 6.07) is 6.18. The molecule has 15 heavy (non-hydrogen) atoms. The van der Waals surface area contributed by atoms with Gasteiger partial charge in [0.1, 0.15) is 0 Å². The van der Waals surface area contributed by atoms with Gasteiger partial charge in [0.15, 0.2) is 0 Å². The minimum Gasteiger partial charge on any atom is -0.252 e. The number of halogens is 1. The van der Waals surface area contributed by atoms with Gasteiger partial charge in [-0.3, -0.25) is 4.99 Å². The van der Waals surface area contributed by atoms with E-state index < -0.39 is 0 Å². The van der Waals surface area contributed by atoms with Gasteiger partial charge < -0.3 is 0 Å². The van der Waals surface area contributed by atoms with Crippen molar-refractivity contribution in [3.05, 3.63) is 46.0 Å². The summed E-state index contributed by atoms with van der Waals surface area (Å²) in [6.45, 7) is 2.14. The lowest BCUT2D eigenvalue weighted by molar-refractivity contribution is 1.36. The largest absolute Gasteiger partial charge is 0.252 e. The van der Waals surface area contributed by atoms with Crippen LogP contribution in [-0.4, -0.2) is 5.71 Å². The van der Waals surface area contributed by atoms with Gasteiger partial charge in [0.05, 0.1) is 11.4 Å². The third-order valence-electron chi connectivity index (χ3n) is 2.82. The number of rotatable bonds is 0. The van der Waals surface area contributed by atoms with Gasteiger partial charge in [-0.05, 0) is 25.1 Å². The molecular weight excluding hydrogens is 250 g/mol. The van der Waals surface area contributed by atoms with Gasteiger partial charge in [0.2, 0.25) is 0 Å². The van der Waals surface area contributed by atoms with Gasteiger partial charge in [-0.1, -0.05) is 33.6 Å². The average molecular weight is 260 g/mol. The standard InChI is InChI=1S/C13H10BrN/c1-8-5-6-11-9(7-8)13-10(14)3-2-4-12(13)15-11/h2-5,7H,6H2,1H3. The maximum atomic E-state index is 4.64. The molecule has 1 heterocycles. The maximum Gasteiger partial charge on any atom is 0.0723 e. The highest BCUT2D eigenvalue weighted by Crippen LogP contribution is 2.42. The van der Waals surface area contributed by atoms with E-state index in [1.165, 1.54) is 22.4 Å². The second-order valence-electron chi connectivity index (χ2n) is 3.90. The lowest BCUT2D eigenvalue weighted by atomic mass is 9.94. The molecule has 0 aromatic heterocycles. The highest BCUT2D eigenvalue weighted by Gasteiger charge is 2.23. The van der Waals surface area contributed by atoms with Crippen molar-refractivity contribution >= 4 is 32.9 Å². The Kier molecular flexibility index (Phi) is 1.93. The second-order valence-corrected chi connectivity index (χ2v) is 4.76. The third-order valence-corrected chi connectivity index (χ3v) is 3.48. The molecular formula is C13H10BrN. The van der Waals surface area contributed by atoms with Crippen LogP contribution in [0.2, 0.25) is 0 Å². The average Bonchev–Trinajstić information content (AvgIpc) is 2.57. The van der Waals surface area contributed by atoms with Crippen LogP contribution in [0.5, 0.6) is 0 Å². The fraction of sp³-hybridized carbons (Fsp3) is 0.154. The Morgan fingerprint density at radius 1 is 1.33 bits per heavy atom. The van der Waals surface area contributed by atoms with Crippen LogP contribution in [0.3, 0.4) is 0 Å². The molecule has 0 saturated heterocycles. The van der Waals surface area contributed by atoms with E-state index in [4.69, 9.17) is 0 Å². The Bertz CT molecular complexity index is 535. The topological polar surface area (TPSA) is 12.4 Å². The normalized spacial score (nSPS) is 17.6. The first-order valence-electron chi connectivity index (χ1n) is 5.01. The molecule has 0 amide bonds. The molecule has 2 heteroatoms. The molecule has 74 valence electrons. The number of benzene rings is 1. The first-order chi connectivity index (χ1) is 7.25. The van der Waals surface area contributed by atoms with Crippen LogP contribution < -0.4 is 0 Å². The van der Waals surface area contributed by atoms with E-state index in [0.29, 0.717) is 0 Å². The van der Waals surface area contributed by atoms with Gasteiger partial charge in [-0.2, -0.15) is 0 Å². The molecule has 2 aliphatic rings. The fourth-order valence-corrected chi connectivity index (χ4v) is 2.65. The number of aliphatic imine (C=N–C) groups is 1. The maximum absolute atomic E-state index is 4.64. The molecule has 0 spiro atoms. The summed E-state index contributed by atoms with van der Waals surface area (Å²) in [5.74, 6) is 0. The molecule has 1 nitrogen and oxygen atoms in total. The van der Waals surface area contributed by atoms with Crippen molar-refractivity contribution in [2.75, 3.05) is 0 Å². The lowest BCUT2D eigenvalue weighted by Gasteiger charge is -2.10. The van der Waals surface area contributed by atoms with E-state index in [2.05, 4.69) is 52.1 Å². The molecule has 1 aromatic rings. The van der Waals surface area contributed by atoms with Crippen LogP contribution in [0, 0.1) is 0 Å². The van der Waals surface area contributed by atoms with Crippen molar-refractivity contribution in [3.8, 4) is 0 Å². The van der Waals surface area contributed by atoms with Crippen LogP contribution in [0.15, 0.2) is 45.4 Å². The number of nitrogens with zero attached hydrogens (tertiary/aromatic N) is 1. The first-order valence-corrected chi connectivity index (χ1v) is 5.80. The van der Waals surface area contributed by atoms with Crippen molar-refractivity contribution in [2.24, 2.45) is 4.99 Å². The molecule has 0 N–H and O–H groups in total. The zero-order valence-electron chi connectivity index (χ0n) is 8.42. The summed E-state index contributed by atoms with van der Waals surface area (Å²) in [4.78, 5) is 4.64. The van der Waals surface area contributed by atoms with Crippen LogP contribution in [0.4, 0.5) is 5.69 Å². The molecule has 1 aliphatic heterocycles. The molecule has 0 bridgehead atoms. The van der Waals surface area contributed by atoms with Crippen LogP contribution in [-0.2, 0) is 0 Å². The smallest absolute Gasteiger partial charge is 0.0723 e. The van der Waals surface area contributed by atoms with E-state index in [0.717, 1.165) is 16.6 Å². The highest BCUT2D eigenvalue weighted by atomic mass is 79.9. The number of fused-ring (bicyclic) bond motifs is 3. The van der Waals surface area contributed by atoms with E-state index in [1.54, 1.807) is 0 Å². The third kappa shape index (κ3) is 1.32. The van der Waals surface area contributed by atoms with Crippen molar-refractivity contribution in [1.82, 2.24) is 0 Å². The Morgan fingerprint density at radius 2 is 2.20 bits per heavy atom. The summed E-state index contributed by atoms with van der Waals surface area (Å²) in [7, 11) is 0. The monoisotopic (exact) mass is 259 g/mol. The van der Waals surface area contributed by atoms with Gasteiger partial charge in [0.25, 0.3) is 0 Å². The quantitative estimate of drug-likeness (QED) is 0.660. The minimum absolute atomic E-state index is 0.957. The van der Waals surface area contributed by atoms with Gasteiger partial charge in [-0.25, -0.2) is 0 Å². The molecule has 0 saturated carbocycles. The van der Waals surface area contributed by atoms with Crippen LogP contribution >= 0.6 is 15.9 Å². The summed E-state index contributed by atoms with van der Waals surface area (Å²) in [5.41, 5.74) is 6.15. The molecule has 1 aliphatic carbocycles. The molecule has 0 unspecified atom stereocenters. The zero-order chi connectivity index (χ0) is 10.4. The van der Waals surface area contributed by atoms with Crippen molar-refractivity contribution in [2.45, 2.75) is 13.3 Å². The molecule has 0 fully saturated rings. The Balaban J connectivity index is 2.26. The SMILES string of the molecule is CC1=CCC2=Nc3cccc(Br)c3C2=C1. The van der Waals surface area contributed by atoms with Crippen LogP contribution in [0.25, 0.3) is 5.57 Å². The van der Waals surface area contributed by atoms with Gasteiger partial charge in [-0.15, -0.1) is 0 Å². The number of allylic oxidation sites excluding steroid dienone is 4. The van der Waals surface area contributed by atoms with Crippen molar-refractivity contribution < 1.29 is 0 Å². The number of hydrogen-bond donors (Lipinski definition) is 0. The minimum atomic E-state index is 0.957. The van der Waals surface area contributed by atoms with Gasteiger partial charge in [0, 0.05) is 22.0 Å². The molecule has 1 aromatic carbocycles. The predicted molar refractivity (Wildman–Crippen MR) is 67.6 cm³/mol. The summed E-state index contributed by atoms with van der Waals surface area (Å²) >= 11 is 3.60. The first kappa shape index (κ1) is 9.10. The van der Waals surface area contributed by atoms with E-state index >= 15 is 0 Å². The number of hydrogen-bond acceptors (Lipinski definition) is 1. The fourth-order valence-electron chi connectivity index (χ4n) is 2.08. The Hall–Kier alpha value is -1.15. The zero-order valence-corrected chi connectivity index (χ0v) is 10.0. The van der Waals surface area contributed by atoms with E-state index in [1.807, 2.05) is 6.07 Å². The van der Waals surface area contributed by atoms with E-state index in [9.17, 15) is 0 Å². The molecule has 0 radical (unpaired) electrons. The second kappa shape index (κ2) is 3.17. The van der Waals surface area contributed by atoms with Crippen molar-refractivity contribution in [1.29, 1.82) is 0 Å². The molecule has 3 rings (SSSR count). The Morgan fingerprint density at radius 3 is 3.07 bits per heavy atom. The van der Waals surface area contributed by atoms with Crippen LogP contribution in [0.1, 0.15) is 18.9 Å². The Labute approximate surface area is 97.4 Å². The summed E-state index contributed by atoms with van der Waals surface area (Å²) < 4.78 is 1.14. The molecule has 0 atom stereocenters.